The van der Waals surface area contributed by atoms with Crippen LogP contribution in [0, 0.1) is 0 Å². The maximum absolute atomic E-state index is 11.3. The number of likely N-dealkylation sites (tertiary alicyclic amines) is 1. The number of hydrogen-bond acceptors (Lipinski definition) is 3. The van der Waals surface area contributed by atoms with Gasteiger partial charge in [0.2, 0.25) is 5.91 Å². The quantitative estimate of drug-likeness (QED) is 0.598. The van der Waals surface area contributed by atoms with Crippen LogP contribution >= 0.6 is 0 Å². The van der Waals surface area contributed by atoms with Crippen molar-refractivity contribution in [1.82, 2.24) is 9.80 Å². The van der Waals surface area contributed by atoms with Crippen molar-refractivity contribution in [2.24, 2.45) is 0 Å². The lowest BCUT2D eigenvalue weighted by Crippen LogP contribution is -2.57. The number of carbonyl (C=O) groups excluding carboxylic acids is 2. The summed E-state index contributed by atoms with van der Waals surface area (Å²) >= 11 is 0. The Bertz CT molecular complexity index is 283. The molecule has 0 aliphatic carbocycles. The third-order valence-electron chi connectivity index (χ3n) is 2.61. The van der Waals surface area contributed by atoms with Crippen molar-refractivity contribution in [3.05, 3.63) is 0 Å². The molecule has 0 radical (unpaired) electrons. The lowest BCUT2D eigenvalue weighted by Gasteiger charge is -2.41. The third-order valence-corrected chi connectivity index (χ3v) is 2.61. The maximum Gasteiger partial charge on any atom is 0.224 e. The molecule has 0 aromatic heterocycles. The van der Waals surface area contributed by atoms with Crippen LogP contribution in [-0.2, 0) is 4.79 Å². The molecular weight excluding hydrogens is 196 g/mol. The van der Waals surface area contributed by atoms with Crippen LogP contribution in [0.15, 0.2) is 0 Å². The van der Waals surface area contributed by atoms with Crippen LogP contribution in [-0.4, -0.2) is 47.0 Å². The molecule has 5 heteroatoms. The number of likely N-dealkylation sites (N-methyl/N-ethyl adjacent to an activating group) is 1. The molecule has 1 aliphatic heterocycles. The molecule has 15 heavy (non-hydrogen) atoms. The highest BCUT2D eigenvalue weighted by molar-refractivity contribution is 5.80. The monoisotopic (exact) mass is 213 g/mol. The van der Waals surface area contributed by atoms with Gasteiger partial charge >= 0.3 is 0 Å². The van der Waals surface area contributed by atoms with E-state index in [2.05, 4.69) is 0 Å². The minimum absolute atomic E-state index is 0.0181. The molecule has 0 bridgehead atoms. The summed E-state index contributed by atoms with van der Waals surface area (Å²) in [6.45, 7) is 5.84. The van der Waals surface area contributed by atoms with Crippen LogP contribution in [0.5, 0.6) is 0 Å². The molecule has 1 aliphatic rings. The Morgan fingerprint density at radius 1 is 1.53 bits per heavy atom. The fourth-order valence-electron chi connectivity index (χ4n) is 1.98. The Hall–Kier alpha value is -1.26. The molecule has 0 unspecified atom stereocenters. The second-order valence-corrected chi connectivity index (χ2v) is 4.94. The molecule has 5 nitrogen and oxygen atoms in total. The number of nitrogens with zero attached hydrogens (tertiary/aromatic N) is 2. The first-order valence-electron chi connectivity index (χ1n) is 4.97. The summed E-state index contributed by atoms with van der Waals surface area (Å²) < 4.78 is 0. The van der Waals surface area contributed by atoms with Crippen LogP contribution < -0.4 is 5.11 Å². The fourth-order valence-corrected chi connectivity index (χ4v) is 1.98. The van der Waals surface area contributed by atoms with Crippen LogP contribution in [0.2, 0.25) is 0 Å². The van der Waals surface area contributed by atoms with Gasteiger partial charge in [-0.15, -0.1) is 0 Å². The first-order valence-corrected chi connectivity index (χ1v) is 4.97. The summed E-state index contributed by atoms with van der Waals surface area (Å²) in [7, 11) is 1.68. The van der Waals surface area contributed by atoms with Gasteiger partial charge < -0.3 is 19.7 Å². The van der Waals surface area contributed by atoms with Crippen molar-refractivity contribution in [3.63, 3.8) is 0 Å². The Balaban J connectivity index is 2.84. The minimum atomic E-state index is -1.21. The largest absolute Gasteiger partial charge is 0.530 e. The average molecular weight is 213 g/mol. The van der Waals surface area contributed by atoms with Gasteiger partial charge in [-0.1, -0.05) is 0 Å². The van der Waals surface area contributed by atoms with E-state index in [0.717, 1.165) is 0 Å². The summed E-state index contributed by atoms with van der Waals surface area (Å²) in [5, 5.41) is 11.0. The van der Waals surface area contributed by atoms with Crippen LogP contribution in [0.3, 0.4) is 0 Å². The molecule has 2 amide bonds. The summed E-state index contributed by atoms with van der Waals surface area (Å²) in [6, 6.07) is -0.285. The number of hydrogen-bond donors (Lipinski definition) is 0. The minimum Gasteiger partial charge on any atom is -0.530 e. The van der Waals surface area contributed by atoms with E-state index in [4.69, 9.17) is 0 Å². The zero-order valence-electron chi connectivity index (χ0n) is 9.61. The Morgan fingerprint density at radius 3 is 2.33 bits per heavy atom. The zero-order chi connectivity index (χ0) is 11.8. The normalized spacial score (nSPS) is 22.0. The van der Waals surface area contributed by atoms with Gasteiger partial charge in [-0.3, -0.25) is 4.79 Å². The molecule has 1 rings (SSSR count). The van der Waals surface area contributed by atoms with Gasteiger partial charge in [0, 0.05) is 25.6 Å². The average Bonchev–Trinajstić information content (AvgIpc) is 2.27. The molecule has 0 spiro atoms. The summed E-state index contributed by atoms with van der Waals surface area (Å²) in [4.78, 5) is 25.2. The molecule has 1 saturated heterocycles. The Labute approximate surface area is 89.7 Å². The molecule has 0 saturated carbocycles. The van der Waals surface area contributed by atoms with Crippen molar-refractivity contribution in [1.29, 1.82) is 0 Å². The van der Waals surface area contributed by atoms with Crippen molar-refractivity contribution in [2.45, 2.75) is 38.8 Å². The lowest BCUT2D eigenvalue weighted by molar-refractivity contribution is -0.273. The standard InChI is InChI=1S/C10H18N2O3/c1-10(2,3)12(9(14)15)7-5-8(13)11(4)6-7/h7H,5-6H2,1-4H3,(H,14,15)/p-1/t7-/m0/s1. The van der Waals surface area contributed by atoms with Gasteiger partial charge in [0.1, 0.15) is 6.09 Å². The number of rotatable bonds is 1. The number of amides is 2. The van der Waals surface area contributed by atoms with E-state index in [1.165, 1.54) is 4.90 Å². The number of carboxylic acid groups (broad SMARTS) is 1. The van der Waals surface area contributed by atoms with E-state index in [0.29, 0.717) is 6.54 Å². The van der Waals surface area contributed by atoms with Crippen molar-refractivity contribution in [2.75, 3.05) is 13.6 Å². The van der Waals surface area contributed by atoms with Crippen molar-refractivity contribution < 1.29 is 14.7 Å². The van der Waals surface area contributed by atoms with Crippen molar-refractivity contribution in [3.8, 4) is 0 Å². The second-order valence-electron chi connectivity index (χ2n) is 4.94. The molecule has 0 N–H and O–H groups in total. The van der Waals surface area contributed by atoms with Crippen LogP contribution in [0.1, 0.15) is 27.2 Å². The topological polar surface area (TPSA) is 63.7 Å². The van der Waals surface area contributed by atoms with E-state index >= 15 is 0 Å². The second kappa shape index (κ2) is 3.72. The van der Waals surface area contributed by atoms with Crippen LogP contribution in [0.4, 0.5) is 4.79 Å². The lowest BCUT2D eigenvalue weighted by atomic mass is 10.0. The van der Waals surface area contributed by atoms with E-state index in [1.807, 2.05) is 0 Å². The molecule has 86 valence electrons. The first kappa shape index (κ1) is 11.8. The summed E-state index contributed by atoms with van der Waals surface area (Å²) in [5.41, 5.74) is -0.533. The predicted octanol–water partition coefficient (Wildman–Crippen LogP) is -0.339. The molecule has 1 fully saturated rings. The third kappa shape index (κ3) is 2.40. The molecule has 1 heterocycles. The van der Waals surface area contributed by atoms with Gasteiger partial charge in [0.25, 0.3) is 0 Å². The molecule has 0 aromatic rings. The Morgan fingerprint density at radius 2 is 2.07 bits per heavy atom. The van der Waals surface area contributed by atoms with E-state index in [9.17, 15) is 14.7 Å². The highest BCUT2D eigenvalue weighted by Gasteiger charge is 2.36. The first-order chi connectivity index (χ1) is 6.73. The molecule has 1 atom stereocenters. The van der Waals surface area contributed by atoms with Gasteiger partial charge in [0.15, 0.2) is 0 Å². The Kier molecular flexibility index (Phi) is 2.93. The highest BCUT2D eigenvalue weighted by Crippen LogP contribution is 2.23. The van der Waals surface area contributed by atoms with Crippen molar-refractivity contribution >= 4 is 12.0 Å². The van der Waals surface area contributed by atoms with E-state index in [-0.39, 0.29) is 18.4 Å². The predicted molar refractivity (Wildman–Crippen MR) is 53.0 cm³/mol. The van der Waals surface area contributed by atoms with Gasteiger partial charge in [-0.2, -0.15) is 0 Å². The number of carbonyl (C=O) groups is 2. The fraction of sp³-hybridized carbons (Fsp3) is 0.800. The SMILES string of the molecule is CN1C[C@@H](N(C(=O)[O-])C(C)(C)C)CC1=O. The summed E-state index contributed by atoms with van der Waals surface area (Å²) in [6.07, 6.45) is -0.961. The maximum atomic E-state index is 11.3. The zero-order valence-corrected chi connectivity index (χ0v) is 9.61. The van der Waals surface area contributed by atoms with E-state index < -0.39 is 11.6 Å². The van der Waals surface area contributed by atoms with Gasteiger partial charge in [-0.05, 0) is 20.8 Å². The molecule has 0 aromatic carbocycles. The highest BCUT2D eigenvalue weighted by atomic mass is 16.4. The molecular formula is C10H17N2O3-. The summed E-state index contributed by atoms with van der Waals surface area (Å²) in [5.74, 6) is -0.0181. The van der Waals surface area contributed by atoms with Gasteiger partial charge in [0.05, 0.1) is 6.04 Å². The smallest absolute Gasteiger partial charge is 0.224 e. The van der Waals surface area contributed by atoms with Crippen LogP contribution in [0.25, 0.3) is 0 Å². The van der Waals surface area contributed by atoms with Gasteiger partial charge in [-0.25, -0.2) is 0 Å². The van der Waals surface area contributed by atoms with E-state index in [1.54, 1.807) is 32.7 Å².